The molecule has 4 aromatic rings. The number of carbonyl (C=O) groups is 1. The molecule has 0 saturated heterocycles. The molecule has 0 atom stereocenters. The van der Waals surface area contributed by atoms with Gasteiger partial charge < -0.3 is 9.63 Å². The minimum Gasteiger partial charge on any atom is -0.477 e. The summed E-state index contributed by atoms with van der Waals surface area (Å²) in [6.07, 6.45) is 0.370. The van der Waals surface area contributed by atoms with Gasteiger partial charge in [0.15, 0.2) is 0 Å². The van der Waals surface area contributed by atoms with Crippen molar-refractivity contribution in [2.24, 2.45) is 0 Å². The van der Waals surface area contributed by atoms with E-state index in [0.717, 1.165) is 22.5 Å². The molecule has 4 rings (SSSR count). The largest absolute Gasteiger partial charge is 0.477 e. The number of aromatic carboxylic acids is 1. The normalized spacial score (nSPS) is 11.6. The smallest absolute Gasteiger partial charge is 0.348 e. The second-order valence-corrected chi connectivity index (χ2v) is 6.84. The van der Waals surface area contributed by atoms with Crippen LogP contribution in [-0.4, -0.2) is 30.8 Å². The highest BCUT2D eigenvalue weighted by Gasteiger charge is 2.25. The molecular weight excluding hydrogens is 378 g/mol. The van der Waals surface area contributed by atoms with Crippen LogP contribution in [0.4, 0.5) is 8.78 Å². The Bertz CT molecular complexity index is 1160. The van der Waals surface area contributed by atoms with Crippen molar-refractivity contribution in [3.63, 3.8) is 0 Å². The molecule has 0 aliphatic carbocycles. The van der Waals surface area contributed by atoms with E-state index in [9.17, 15) is 13.6 Å². The number of hydrogen-bond acceptors (Lipinski definition) is 6. The summed E-state index contributed by atoms with van der Waals surface area (Å²) in [5.41, 5.74) is 2.79. The van der Waals surface area contributed by atoms with Crippen molar-refractivity contribution in [2.45, 2.75) is 20.3 Å². The number of thiazole rings is 1. The Balaban J connectivity index is 1.89. The molecule has 138 valence electrons. The number of rotatable bonds is 4. The molecule has 4 aromatic heterocycles. The summed E-state index contributed by atoms with van der Waals surface area (Å²) >= 11 is 0.719. The van der Waals surface area contributed by atoms with Crippen molar-refractivity contribution < 1.29 is 23.2 Å². The topological polar surface area (TPSA) is 93.5 Å². The molecule has 0 spiro atoms. The average Bonchev–Trinajstić information content (AvgIpc) is 3.31. The van der Waals surface area contributed by atoms with Gasteiger partial charge in [0.25, 0.3) is 6.43 Å². The van der Waals surface area contributed by atoms with Crippen molar-refractivity contribution in [1.29, 1.82) is 0 Å². The second kappa shape index (κ2) is 6.23. The lowest BCUT2D eigenvalue weighted by atomic mass is 10.1. The number of halogens is 2. The summed E-state index contributed by atoms with van der Waals surface area (Å²) < 4.78 is 33.1. The van der Waals surface area contributed by atoms with Crippen LogP contribution in [0.1, 0.15) is 33.2 Å². The third-order valence-corrected chi connectivity index (χ3v) is 5.23. The minimum absolute atomic E-state index is 0.205. The Labute approximate surface area is 154 Å². The van der Waals surface area contributed by atoms with Gasteiger partial charge >= 0.3 is 5.97 Å². The predicted molar refractivity (Wildman–Crippen MR) is 93.2 cm³/mol. The van der Waals surface area contributed by atoms with Crippen LogP contribution in [0.5, 0.6) is 0 Å². The van der Waals surface area contributed by atoms with Crippen LogP contribution in [0.2, 0.25) is 0 Å². The predicted octanol–water partition coefficient (Wildman–Crippen LogP) is 4.37. The van der Waals surface area contributed by atoms with Crippen molar-refractivity contribution >= 4 is 22.8 Å². The van der Waals surface area contributed by atoms with E-state index in [1.54, 1.807) is 36.0 Å². The number of aromatic nitrogens is 4. The Morgan fingerprint density at radius 1 is 1.37 bits per heavy atom. The molecule has 0 aromatic carbocycles. The first-order valence-corrected chi connectivity index (χ1v) is 8.61. The average molecular weight is 390 g/mol. The van der Waals surface area contributed by atoms with E-state index in [-0.39, 0.29) is 5.01 Å². The third-order valence-electron chi connectivity index (χ3n) is 4.13. The lowest BCUT2D eigenvalue weighted by Gasteiger charge is -2.01. The number of pyridine rings is 1. The highest BCUT2D eigenvalue weighted by atomic mass is 32.1. The molecule has 1 N–H and O–H groups in total. The summed E-state index contributed by atoms with van der Waals surface area (Å²) in [7, 11) is 0. The van der Waals surface area contributed by atoms with Crippen LogP contribution in [0, 0.1) is 13.8 Å². The van der Waals surface area contributed by atoms with Crippen LogP contribution in [0.3, 0.4) is 0 Å². The van der Waals surface area contributed by atoms with E-state index in [1.165, 1.54) is 0 Å². The first kappa shape index (κ1) is 17.3. The number of carboxylic acids is 1. The summed E-state index contributed by atoms with van der Waals surface area (Å²) in [6.45, 7) is 3.60. The Morgan fingerprint density at radius 3 is 2.74 bits per heavy atom. The summed E-state index contributed by atoms with van der Waals surface area (Å²) in [4.78, 5) is 14.6. The maximum absolute atomic E-state index is 13.1. The molecule has 0 bridgehead atoms. The standard InChI is InChI=1S/C17H12F2N4O3S/c1-7-12(8(2)26-22-7)10-6-20-23-4-3-9(5-11(10)23)16-21-13(15(18)19)14(27-16)17(24)25/h3-6,15H,1-2H3,(H,24,25). The highest BCUT2D eigenvalue weighted by Crippen LogP contribution is 2.36. The second-order valence-electron chi connectivity index (χ2n) is 5.84. The summed E-state index contributed by atoms with van der Waals surface area (Å²) in [5.74, 6) is -0.786. The number of hydrogen-bond donors (Lipinski definition) is 1. The molecule has 0 fully saturated rings. The van der Waals surface area contributed by atoms with Gasteiger partial charge in [-0.15, -0.1) is 11.3 Å². The molecule has 27 heavy (non-hydrogen) atoms. The number of carboxylic acid groups (broad SMARTS) is 1. The monoisotopic (exact) mass is 390 g/mol. The Morgan fingerprint density at radius 2 is 2.15 bits per heavy atom. The zero-order valence-corrected chi connectivity index (χ0v) is 14.9. The number of aryl methyl sites for hydroxylation is 2. The van der Waals surface area contributed by atoms with Crippen LogP contribution < -0.4 is 0 Å². The molecular formula is C17H12F2N4O3S. The van der Waals surface area contributed by atoms with Gasteiger partial charge in [0, 0.05) is 17.3 Å². The third kappa shape index (κ3) is 2.78. The minimum atomic E-state index is -2.96. The fourth-order valence-electron chi connectivity index (χ4n) is 2.93. The van der Waals surface area contributed by atoms with E-state index in [2.05, 4.69) is 15.2 Å². The van der Waals surface area contributed by atoms with Gasteiger partial charge in [-0.05, 0) is 26.0 Å². The first-order chi connectivity index (χ1) is 12.9. The van der Waals surface area contributed by atoms with E-state index < -0.39 is 23.0 Å². The molecule has 0 aliphatic heterocycles. The fraction of sp³-hybridized carbons (Fsp3) is 0.176. The molecule has 0 amide bonds. The number of alkyl halides is 2. The quantitative estimate of drug-likeness (QED) is 0.556. The van der Waals surface area contributed by atoms with Crippen molar-refractivity contribution in [3.8, 4) is 21.7 Å². The molecule has 0 saturated carbocycles. The highest BCUT2D eigenvalue weighted by molar-refractivity contribution is 7.17. The van der Waals surface area contributed by atoms with E-state index in [4.69, 9.17) is 9.63 Å². The first-order valence-electron chi connectivity index (χ1n) is 7.80. The fourth-order valence-corrected chi connectivity index (χ4v) is 3.84. The zero-order chi connectivity index (χ0) is 19.3. The van der Waals surface area contributed by atoms with Crippen molar-refractivity contribution in [1.82, 2.24) is 19.8 Å². The molecule has 0 radical (unpaired) electrons. The lowest BCUT2D eigenvalue weighted by molar-refractivity contribution is 0.0689. The summed E-state index contributed by atoms with van der Waals surface area (Å²) in [5, 5.41) is 17.6. The Kier molecular flexibility index (Phi) is 3.99. The molecule has 0 unspecified atom stereocenters. The summed E-state index contributed by atoms with van der Waals surface area (Å²) in [6, 6.07) is 3.38. The van der Waals surface area contributed by atoms with Gasteiger partial charge in [-0.3, -0.25) is 0 Å². The maximum atomic E-state index is 13.1. The SMILES string of the molecule is Cc1noc(C)c1-c1cnn2ccc(-c3nc(C(F)F)c(C(=O)O)s3)cc12. The lowest BCUT2D eigenvalue weighted by Crippen LogP contribution is -1.98. The van der Waals surface area contributed by atoms with E-state index >= 15 is 0 Å². The van der Waals surface area contributed by atoms with Gasteiger partial charge in [-0.25, -0.2) is 23.1 Å². The van der Waals surface area contributed by atoms with Crippen LogP contribution >= 0.6 is 11.3 Å². The van der Waals surface area contributed by atoms with Gasteiger partial charge in [0.1, 0.15) is 21.3 Å². The van der Waals surface area contributed by atoms with Gasteiger partial charge in [-0.2, -0.15) is 5.10 Å². The van der Waals surface area contributed by atoms with Gasteiger partial charge in [0.05, 0.1) is 23.0 Å². The molecule has 10 heteroatoms. The van der Waals surface area contributed by atoms with Crippen molar-refractivity contribution in [3.05, 3.63) is 46.6 Å². The van der Waals surface area contributed by atoms with Crippen molar-refractivity contribution in [2.75, 3.05) is 0 Å². The maximum Gasteiger partial charge on any atom is 0.348 e. The van der Waals surface area contributed by atoms with Crippen LogP contribution in [0.25, 0.3) is 27.2 Å². The molecule has 0 aliphatic rings. The molecule has 7 nitrogen and oxygen atoms in total. The molecule has 4 heterocycles. The van der Waals surface area contributed by atoms with Gasteiger partial charge in [-0.1, -0.05) is 5.16 Å². The zero-order valence-electron chi connectivity index (χ0n) is 14.1. The number of fused-ring (bicyclic) bond motifs is 1. The number of nitrogens with zero attached hydrogens (tertiary/aromatic N) is 4. The van der Waals surface area contributed by atoms with Crippen LogP contribution in [0.15, 0.2) is 29.0 Å². The van der Waals surface area contributed by atoms with Crippen LogP contribution in [-0.2, 0) is 0 Å². The van der Waals surface area contributed by atoms with E-state index in [1.807, 2.05) is 6.92 Å². The van der Waals surface area contributed by atoms with E-state index in [0.29, 0.717) is 22.5 Å². The van der Waals surface area contributed by atoms with Gasteiger partial charge in [0.2, 0.25) is 0 Å². The Hall–Kier alpha value is -3.14.